The highest BCUT2D eigenvalue weighted by Gasteiger charge is 2.58. The number of aromatic nitrogens is 2. The van der Waals surface area contributed by atoms with Gasteiger partial charge in [-0.3, -0.25) is 19.1 Å². The summed E-state index contributed by atoms with van der Waals surface area (Å²) in [6.07, 6.45) is -0.990. The summed E-state index contributed by atoms with van der Waals surface area (Å²) >= 11 is 0. The number of nitrogens with zero attached hydrogens (tertiary/aromatic N) is 1. The molecule has 0 unspecified atom stereocenters. The average molecular weight is 383 g/mol. The summed E-state index contributed by atoms with van der Waals surface area (Å²) in [7, 11) is 0. The van der Waals surface area contributed by atoms with Crippen LogP contribution in [-0.4, -0.2) is 58.7 Å². The van der Waals surface area contributed by atoms with Gasteiger partial charge in [-0.2, -0.15) is 0 Å². The zero-order valence-corrected chi connectivity index (χ0v) is 15.2. The van der Waals surface area contributed by atoms with Crippen molar-refractivity contribution >= 4 is 5.91 Å². The Morgan fingerprint density at radius 3 is 2.70 bits per heavy atom. The van der Waals surface area contributed by atoms with E-state index in [2.05, 4.69) is 10.3 Å². The van der Waals surface area contributed by atoms with Crippen molar-refractivity contribution < 1.29 is 19.0 Å². The fraction of sp³-hybridized carbons (Fsp3) is 0.688. The van der Waals surface area contributed by atoms with Crippen molar-refractivity contribution in [2.75, 3.05) is 13.1 Å². The molecule has 0 aliphatic carbocycles. The lowest BCUT2D eigenvalue weighted by atomic mass is 10.0. The van der Waals surface area contributed by atoms with Gasteiger partial charge in [0.15, 0.2) is 12.0 Å². The average Bonchev–Trinajstić information content (AvgIpc) is 3.05. The number of rotatable bonds is 7. The smallest absolute Gasteiger partial charge is 0.330 e. The van der Waals surface area contributed by atoms with E-state index in [1.165, 1.54) is 16.8 Å². The second-order valence-electron chi connectivity index (χ2n) is 7.05. The fourth-order valence-corrected chi connectivity index (χ4v) is 3.47. The van der Waals surface area contributed by atoms with Crippen LogP contribution >= 0.6 is 0 Å². The molecular weight excluding hydrogens is 358 g/mol. The third-order valence-corrected chi connectivity index (χ3v) is 4.57. The van der Waals surface area contributed by atoms with Crippen LogP contribution in [0, 0.1) is 0 Å². The minimum atomic E-state index is -0.930. The highest BCUT2D eigenvalue weighted by Crippen LogP contribution is 2.43. The SMILES string of the molecule is CC1(C)O[C@H]2[C@@H](O1)[C@H](n1ccc(=O)[nH]c1=O)O[C@@H]2[C@@H](NCCCN)C(N)=O. The Kier molecular flexibility index (Phi) is 5.49. The lowest BCUT2D eigenvalue weighted by Gasteiger charge is -2.28. The molecule has 1 aromatic heterocycles. The molecule has 0 radical (unpaired) electrons. The molecule has 6 N–H and O–H groups in total. The highest BCUT2D eigenvalue weighted by atomic mass is 16.8. The Morgan fingerprint density at radius 1 is 1.37 bits per heavy atom. The molecule has 1 aromatic rings. The first kappa shape index (κ1) is 19.7. The summed E-state index contributed by atoms with van der Waals surface area (Å²) in [4.78, 5) is 37.8. The van der Waals surface area contributed by atoms with Gasteiger partial charge >= 0.3 is 5.69 Å². The number of nitrogens with two attached hydrogens (primary N) is 2. The number of amides is 1. The molecule has 11 nitrogen and oxygen atoms in total. The molecule has 2 saturated heterocycles. The van der Waals surface area contributed by atoms with Crippen molar-refractivity contribution in [2.24, 2.45) is 11.5 Å². The first-order valence-corrected chi connectivity index (χ1v) is 8.79. The zero-order valence-electron chi connectivity index (χ0n) is 15.2. The minimum Gasteiger partial charge on any atom is -0.368 e. The maximum absolute atomic E-state index is 12.2. The number of hydrogen-bond donors (Lipinski definition) is 4. The van der Waals surface area contributed by atoms with Crippen LogP contribution in [0.5, 0.6) is 0 Å². The number of ether oxygens (including phenoxy) is 3. The van der Waals surface area contributed by atoms with Crippen LogP contribution in [-0.2, 0) is 19.0 Å². The molecule has 5 atom stereocenters. The lowest BCUT2D eigenvalue weighted by molar-refractivity contribution is -0.200. The summed E-state index contributed by atoms with van der Waals surface area (Å²) in [6.45, 7) is 4.39. The van der Waals surface area contributed by atoms with Gasteiger partial charge in [-0.15, -0.1) is 0 Å². The molecule has 11 heteroatoms. The topological polar surface area (TPSA) is 164 Å². The van der Waals surface area contributed by atoms with Crippen molar-refractivity contribution in [3.63, 3.8) is 0 Å². The van der Waals surface area contributed by atoms with Crippen molar-refractivity contribution in [3.8, 4) is 0 Å². The molecule has 2 aliphatic rings. The van der Waals surface area contributed by atoms with Gasteiger partial charge in [-0.05, 0) is 33.4 Å². The predicted octanol–water partition coefficient (Wildman–Crippen LogP) is -2.25. The summed E-state index contributed by atoms with van der Waals surface area (Å²) in [5.74, 6) is -1.54. The molecule has 27 heavy (non-hydrogen) atoms. The molecule has 3 heterocycles. The highest BCUT2D eigenvalue weighted by molar-refractivity contribution is 5.80. The van der Waals surface area contributed by atoms with Gasteiger partial charge in [-0.25, -0.2) is 4.79 Å². The summed E-state index contributed by atoms with van der Waals surface area (Å²) < 4.78 is 19.0. The molecule has 0 saturated carbocycles. The Balaban J connectivity index is 1.92. The minimum absolute atomic E-state index is 0.456. The molecule has 1 amide bonds. The first-order chi connectivity index (χ1) is 12.7. The summed E-state index contributed by atoms with van der Waals surface area (Å²) in [5.41, 5.74) is 9.88. The Labute approximate surface area is 155 Å². The van der Waals surface area contributed by atoms with E-state index in [4.69, 9.17) is 25.7 Å². The van der Waals surface area contributed by atoms with Crippen LogP contribution in [0.2, 0.25) is 0 Å². The monoisotopic (exact) mass is 383 g/mol. The van der Waals surface area contributed by atoms with Crippen molar-refractivity contribution in [2.45, 2.75) is 56.6 Å². The normalized spacial score (nSPS) is 30.2. The van der Waals surface area contributed by atoms with Crippen LogP contribution < -0.4 is 28.0 Å². The van der Waals surface area contributed by atoms with Gasteiger partial charge in [0.05, 0.1) is 0 Å². The van der Waals surface area contributed by atoms with E-state index in [1.54, 1.807) is 13.8 Å². The Morgan fingerprint density at radius 2 is 2.07 bits per heavy atom. The third kappa shape index (κ3) is 3.96. The number of hydrogen-bond acceptors (Lipinski definition) is 8. The Bertz CT molecular complexity index is 805. The van der Waals surface area contributed by atoms with Gasteiger partial charge in [0.25, 0.3) is 5.56 Å². The number of fused-ring (bicyclic) bond motifs is 1. The van der Waals surface area contributed by atoms with Crippen molar-refractivity contribution in [1.29, 1.82) is 0 Å². The van der Waals surface area contributed by atoms with Gasteiger partial charge in [0.2, 0.25) is 5.91 Å². The fourth-order valence-electron chi connectivity index (χ4n) is 3.47. The number of H-pyrrole nitrogens is 1. The van der Waals surface area contributed by atoms with Crippen LogP contribution in [0.15, 0.2) is 21.9 Å². The molecule has 3 rings (SSSR count). The van der Waals surface area contributed by atoms with E-state index in [0.29, 0.717) is 19.5 Å². The van der Waals surface area contributed by atoms with E-state index in [1.807, 2.05) is 0 Å². The molecule has 2 aliphatic heterocycles. The van der Waals surface area contributed by atoms with Gasteiger partial charge in [0, 0.05) is 12.3 Å². The van der Waals surface area contributed by atoms with Gasteiger partial charge in [0.1, 0.15) is 24.4 Å². The zero-order chi connectivity index (χ0) is 19.8. The van der Waals surface area contributed by atoms with Crippen LogP contribution in [0.4, 0.5) is 0 Å². The van der Waals surface area contributed by atoms with E-state index in [9.17, 15) is 14.4 Å². The molecule has 0 spiro atoms. The second kappa shape index (κ2) is 7.52. The second-order valence-corrected chi connectivity index (χ2v) is 7.05. The van der Waals surface area contributed by atoms with Gasteiger partial charge in [-0.1, -0.05) is 0 Å². The molecule has 2 fully saturated rings. The summed E-state index contributed by atoms with van der Waals surface area (Å²) in [5, 5.41) is 3.04. The van der Waals surface area contributed by atoms with E-state index >= 15 is 0 Å². The number of aromatic amines is 1. The van der Waals surface area contributed by atoms with Crippen LogP contribution in [0.1, 0.15) is 26.5 Å². The number of nitrogens with one attached hydrogen (secondary N) is 2. The maximum atomic E-state index is 12.2. The third-order valence-electron chi connectivity index (χ3n) is 4.57. The Hall–Kier alpha value is -2.05. The quantitative estimate of drug-likeness (QED) is 0.383. The molecule has 0 bridgehead atoms. The van der Waals surface area contributed by atoms with E-state index in [-0.39, 0.29) is 0 Å². The number of carbonyl (C=O) groups excluding carboxylic acids is 1. The van der Waals surface area contributed by atoms with Crippen molar-refractivity contribution in [1.82, 2.24) is 14.9 Å². The molecule has 150 valence electrons. The maximum Gasteiger partial charge on any atom is 0.330 e. The number of carbonyl (C=O) groups is 1. The van der Waals surface area contributed by atoms with Crippen molar-refractivity contribution in [3.05, 3.63) is 33.1 Å². The van der Waals surface area contributed by atoms with E-state index in [0.717, 1.165) is 0 Å². The lowest BCUT2D eigenvalue weighted by Crippen LogP contribution is -2.54. The first-order valence-electron chi connectivity index (χ1n) is 8.79. The van der Waals surface area contributed by atoms with Crippen LogP contribution in [0.25, 0.3) is 0 Å². The van der Waals surface area contributed by atoms with Gasteiger partial charge < -0.3 is 31.0 Å². The summed E-state index contributed by atoms with van der Waals surface area (Å²) in [6, 6.07) is 0.351. The van der Waals surface area contributed by atoms with Crippen LogP contribution in [0.3, 0.4) is 0 Å². The largest absolute Gasteiger partial charge is 0.368 e. The molecule has 0 aromatic carbocycles. The predicted molar refractivity (Wildman–Crippen MR) is 93.7 cm³/mol. The standard InChI is InChI=1S/C16H25N5O6/c1-16(2)26-11-10(9(13(18)23)19-6-3-5-17)25-14(12(11)27-16)21-7-4-8(22)20-15(21)24/h4,7,9-12,14,19H,3,5-6,17H2,1-2H3,(H2,18,23)(H,20,22,24)/t9-,10-,11-,12-,14-/m1/s1. The molecular formula is C16H25N5O6. The number of primary amides is 1. The van der Waals surface area contributed by atoms with E-state index < -0.39 is 53.5 Å².